The summed E-state index contributed by atoms with van der Waals surface area (Å²) in [6.07, 6.45) is 0. The Hall–Kier alpha value is 0.816. The molecule has 0 bridgehead atoms. The van der Waals surface area contributed by atoms with Gasteiger partial charge in [-0.05, 0) is 0 Å². The van der Waals surface area contributed by atoms with Crippen molar-refractivity contribution in [2.75, 3.05) is 5.57 Å². The van der Waals surface area contributed by atoms with Crippen LogP contribution in [0.25, 0.3) is 0 Å². The third-order valence-electron chi connectivity index (χ3n) is 0.0825. The summed E-state index contributed by atoms with van der Waals surface area (Å²) in [5.41, 5.74) is -1.20. The molecule has 0 aliphatic rings. The van der Waals surface area contributed by atoms with Crippen molar-refractivity contribution in [3.8, 4) is 0 Å². The van der Waals surface area contributed by atoms with Crippen molar-refractivity contribution in [3.63, 3.8) is 0 Å². The molecule has 0 aliphatic heterocycles. The monoisotopic (exact) mass is 146 g/mol. The molecule has 0 saturated heterocycles. The summed E-state index contributed by atoms with van der Waals surface area (Å²) in [5.74, 6) is 0. The fourth-order valence-corrected chi connectivity index (χ4v) is 0. The molecule has 0 saturated carbocycles. The van der Waals surface area contributed by atoms with E-state index in [2.05, 4.69) is 0 Å². The molecule has 0 aromatic heterocycles. The number of rotatable bonds is 1. The topological polar surface area (TPSA) is 34.1 Å². The van der Waals surface area contributed by atoms with Crippen LogP contribution < -0.4 is 0 Å². The zero-order valence-electron chi connectivity index (χ0n) is 2.28. The number of hydrogen-bond donors (Lipinski definition) is 0. The fraction of sp³-hybridized carbons (Fsp3) is 1.00. The van der Waals surface area contributed by atoms with Crippen LogP contribution in [0, 0.1) is 0 Å². The minimum atomic E-state index is -3.06. The zero-order chi connectivity index (χ0) is 4.28. The Morgan fingerprint density at radius 2 is 1.67 bits per heavy atom. The molecule has 0 N–H and O–H groups in total. The average molecular weight is 146 g/mol. The summed E-state index contributed by atoms with van der Waals surface area (Å²) < 4.78 is 28.7. The summed E-state index contributed by atoms with van der Waals surface area (Å²) in [6, 6.07) is 0. The average Bonchev–Trinajstić information content (AvgIpc) is 1.38. The summed E-state index contributed by atoms with van der Waals surface area (Å²) in [5, 5.41) is 0. The second kappa shape index (κ2) is 5.82. The van der Waals surface area contributed by atoms with Crippen LogP contribution in [-0.4, -0.2) is 28.6 Å². The van der Waals surface area contributed by atoms with E-state index in [4.69, 9.17) is 7.67 Å². The van der Waals surface area contributed by atoms with Gasteiger partial charge in [-0.15, -0.1) is 0 Å². The van der Waals surface area contributed by atoms with Crippen LogP contribution in [0.5, 0.6) is 0 Å². The van der Waals surface area contributed by atoms with Gasteiger partial charge in [-0.3, -0.25) is 0 Å². The molecule has 5 heteroatoms. The molecule has 0 amide bonds. The van der Waals surface area contributed by atoms with Crippen molar-refractivity contribution in [1.82, 2.24) is 0 Å². The van der Waals surface area contributed by atoms with Crippen molar-refractivity contribution >= 4 is 23.1 Å². The number of alkyl halides is 1. The molecule has 36 valence electrons. The van der Waals surface area contributed by atoms with Crippen LogP contribution in [0.3, 0.4) is 0 Å². The first-order valence-electron chi connectivity index (χ1n) is 0.843. The molecular weight excluding hydrogens is 142 g/mol. The molecule has 0 spiro atoms. The van der Waals surface area contributed by atoms with E-state index in [1.165, 1.54) is 0 Å². The van der Waals surface area contributed by atoms with Gasteiger partial charge in [0.25, 0.3) is 0 Å². The van der Waals surface area contributed by atoms with E-state index in [1.54, 1.807) is 0 Å². The maximum absolute atomic E-state index is 10.5. The van der Waals surface area contributed by atoms with Crippen LogP contribution in [0.1, 0.15) is 0 Å². The van der Waals surface area contributed by atoms with Gasteiger partial charge < -0.3 is 0 Å². The van der Waals surface area contributed by atoms with Crippen LogP contribution >= 0.6 is 0 Å². The van der Waals surface area contributed by atoms with Crippen LogP contribution in [-0.2, 0) is 21.4 Å². The molecule has 0 aromatic carbocycles. The predicted molar refractivity (Wildman–Crippen MR) is 15.9 cm³/mol. The third kappa shape index (κ3) is 8.84. The van der Waals surface area contributed by atoms with Crippen molar-refractivity contribution in [1.29, 1.82) is 0 Å². The van der Waals surface area contributed by atoms with Crippen molar-refractivity contribution in [3.05, 3.63) is 0 Å². The van der Waals surface area contributed by atoms with Gasteiger partial charge in [0.1, 0.15) is 0 Å². The standard InChI is InChI=1S/CH2F.Mg.Mn.2O.2H/c1-2;;;;;;/h1H2;;;;;;. The van der Waals surface area contributed by atoms with Crippen molar-refractivity contribution in [2.45, 2.75) is 0 Å². The molecule has 0 aromatic rings. The van der Waals surface area contributed by atoms with Crippen LogP contribution in [0.2, 0.25) is 0 Å². The van der Waals surface area contributed by atoms with Gasteiger partial charge in [0, 0.05) is 0 Å². The SMILES string of the molecule is [MgH2].[O]=[Mn](=[O])[CH2]F. The quantitative estimate of drug-likeness (QED) is 0.459. The molecule has 0 aliphatic carbocycles. The first-order valence-corrected chi connectivity index (χ1v) is 2.64. The van der Waals surface area contributed by atoms with Gasteiger partial charge in [0.05, 0.1) is 0 Å². The molecule has 2 nitrogen and oxygen atoms in total. The van der Waals surface area contributed by atoms with E-state index in [-0.39, 0.29) is 23.1 Å². The summed E-state index contributed by atoms with van der Waals surface area (Å²) in [6.45, 7) is 0. The van der Waals surface area contributed by atoms with Crippen molar-refractivity contribution < 1.29 is 25.8 Å². The van der Waals surface area contributed by atoms with Crippen LogP contribution in [0.15, 0.2) is 0 Å². The second-order valence-corrected chi connectivity index (χ2v) is 1.58. The van der Waals surface area contributed by atoms with Gasteiger partial charge >= 0.3 is 54.5 Å². The van der Waals surface area contributed by atoms with E-state index >= 15 is 0 Å². The Bertz CT molecular complexity index is 71.6. The molecular formula is CH4FMgMnO2. The molecule has 0 atom stereocenters. The first-order chi connectivity index (χ1) is 2.27. The third-order valence-corrected chi connectivity index (χ3v) is 0.340. The van der Waals surface area contributed by atoms with Gasteiger partial charge in [0.15, 0.2) is 0 Å². The fourth-order valence-electron chi connectivity index (χ4n) is 0. The predicted octanol–water partition coefficient (Wildman–Crippen LogP) is -0.694. The van der Waals surface area contributed by atoms with Crippen molar-refractivity contribution in [2.24, 2.45) is 0 Å². The Kier molecular flexibility index (Phi) is 9.63. The zero-order valence-corrected chi connectivity index (χ0v) is 3.46. The van der Waals surface area contributed by atoms with Gasteiger partial charge in [-0.25, -0.2) is 0 Å². The number of halogens is 1. The number of hydrogen-bond acceptors (Lipinski definition) is 2. The normalized spacial score (nSPS) is 7.67. The minimum absolute atomic E-state index is 0. The molecule has 0 rings (SSSR count). The van der Waals surface area contributed by atoms with Gasteiger partial charge in [-0.1, -0.05) is 0 Å². The van der Waals surface area contributed by atoms with Gasteiger partial charge in [-0.2, -0.15) is 0 Å². The van der Waals surface area contributed by atoms with Gasteiger partial charge in [0.2, 0.25) is 0 Å². The Morgan fingerprint density at radius 3 is 1.67 bits per heavy atom. The van der Waals surface area contributed by atoms with E-state index in [0.29, 0.717) is 0 Å². The molecule has 0 heterocycles. The molecule has 6 heavy (non-hydrogen) atoms. The van der Waals surface area contributed by atoms with E-state index in [0.717, 1.165) is 0 Å². The summed E-state index contributed by atoms with van der Waals surface area (Å²) in [7, 11) is 0. The van der Waals surface area contributed by atoms with E-state index in [9.17, 15) is 4.39 Å². The van der Waals surface area contributed by atoms with Crippen LogP contribution in [0.4, 0.5) is 4.39 Å². The molecule has 0 radical (unpaired) electrons. The summed E-state index contributed by atoms with van der Waals surface area (Å²) in [4.78, 5) is 0. The first kappa shape index (κ1) is 9.94. The Morgan fingerprint density at radius 1 is 1.50 bits per heavy atom. The molecule has 0 unspecified atom stereocenters. The second-order valence-electron chi connectivity index (χ2n) is 0.382. The van der Waals surface area contributed by atoms with E-state index < -0.39 is 19.3 Å². The Balaban J connectivity index is 0. The Labute approximate surface area is 54.5 Å². The summed E-state index contributed by atoms with van der Waals surface area (Å²) >= 11 is -3.06. The van der Waals surface area contributed by atoms with E-state index in [1.807, 2.05) is 0 Å². The maximum atomic E-state index is 10.5. The molecule has 0 fully saturated rings.